The summed E-state index contributed by atoms with van der Waals surface area (Å²) in [5.41, 5.74) is 4.25. The van der Waals surface area contributed by atoms with Gasteiger partial charge in [0.15, 0.2) is 10.9 Å². The SMILES string of the molecule is CCCCCCCCc1ccc(Nc2nc(-c3cc4ccccc4o3)cs2)cc1. The van der Waals surface area contributed by atoms with Gasteiger partial charge in [-0.3, -0.25) is 0 Å². The van der Waals surface area contributed by atoms with E-state index in [1.165, 1.54) is 50.5 Å². The number of nitrogens with zero attached hydrogens (tertiary/aromatic N) is 1. The maximum Gasteiger partial charge on any atom is 0.187 e. The van der Waals surface area contributed by atoms with Crippen molar-refractivity contribution >= 4 is 33.1 Å². The molecule has 0 spiro atoms. The van der Waals surface area contributed by atoms with E-state index in [0.29, 0.717) is 0 Å². The molecule has 0 unspecified atom stereocenters. The standard InChI is InChI=1S/C25H28N2OS/c1-2-3-4-5-6-7-10-19-13-15-21(16-14-19)26-25-27-22(18-29-25)24-17-20-11-8-9-12-23(20)28-24/h8-9,11-18H,2-7,10H2,1H3,(H,26,27). The van der Waals surface area contributed by atoms with Gasteiger partial charge >= 0.3 is 0 Å². The van der Waals surface area contributed by atoms with Gasteiger partial charge in [-0.05, 0) is 42.7 Å². The van der Waals surface area contributed by atoms with Gasteiger partial charge in [0.05, 0.1) is 0 Å². The lowest BCUT2D eigenvalue weighted by atomic mass is 10.0. The quantitative estimate of drug-likeness (QED) is 0.271. The van der Waals surface area contributed by atoms with Crippen LogP contribution in [0.3, 0.4) is 0 Å². The van der Waals surface area contributed by atoms with Crippen LogP contribution >= 0.6 is 11.3 Å². The molecule has 0 atom stereocenters. The molecule has 29 heavy (non-hydrogen) atoms. The number of nitrogens with one attached hydrogen (secondary N) is 1. The Bertz CT molecular complexity index is 999. The van der Waals surface area contributed by atoms with E-state index < -0.39 is 0 Å². The molecule has 4 heteroatoms. The van der Waals surface area contributed by atoms with Gasteiger partial charge in [-0.1, -0.05) is 69.4 Å². The molecule has 0 radical (unpaired) electrons. The molecule has 4 aromatic rings. The summed E-state index contributed by atoms with van der Waals surface area (Å²) >= 11 is 1.59. The first-order valence-electron chi connectivity index (χ1n) is 10.6. The molecule has 0 saturated carbocycles. The normalized spacial score (nSPS) is 11.2. The molecule has 0 amide bonds. The minimum Gasteiger partial charge on any atom is -0.454 e. The average molecular weight is 405 g/mol. The van der Waals surface area contributed by atoms with Crippen molar-refractivity contribution in [2.24, 2.45) is 0 Å². The first-order valence-corrected chi connectivity index (χ1v) is 11.5. The molecule has 150 valence electrons. The number of unbranched alkanes of at least 4 members (excludes halogenated alkanes) is 5. The molecule has 0 aliphatic carbocycles. The smallest absolute Gasteiger partial charge is 0.187 e. The molecule has 0 fully saturated rings. The number of anilines is 2. The first kappa shape index (κ1) is 19.7. The molecule has 0 aliphatic heterocycles. The number of fused-ring (bicyclic) bond motifs is 1. The van der Waals surface area contributed by atoms with Gasteiger partial charge in [0.1, 0.15) is 11.3 Å². The Morgan fingerprint density at radius 2 is 1.72 bits per heavy atom. The fraction of sp³-hybridized carbons (Fsp3) is 0.320. The number of rotatable bonds is 10. The van der Waals surface area contributed by atoms with Crippen LogP contribution < -0.4 is 5.32 Å². The Labute approximate surface area is 176 Å². The Balaban J connectivity index is 1.31. The van der Waals surface area contributed by atoms with E-state index in [-0.39, 0.29) is 0 Å². The van der Waals surface area contributed by atoms with Crippen LogP contribution in [0.15, 0.2) is 64.4 Å². The van der Waals surface area contributed by atoms with E-state index in [2.05, 4.69) is 42.6 Å². The molecular weight excluding hydrogens is 376 g/mol. The maximum atomic E-state index is 5.92. The van der Waals surface area contributed by atoms with Crippen molar-refractivity contribution in [1.29, 1.82) is 0 Å². The summed E-state index contributed by atoms with van der Waals surface area (Å²) < 4.78 is 5.92. The third kappa shape index (κ3) is 5.27. The summed E-state index contributed by atoms with van der Waals surface area (Å²) in [4.78, 5) is 4.69. The molecule has 2 heterocycles. The average Bonchev–Trinajstić information content (AvgIpc) is 3.38. The van der Waals surface area contributed by atoms with Crippen LogP contribution in [0.1, 0.15) is 51.0 Å². The Morgan fingerprint density at radius 3 is 2.55 bits per heavy atom. The molecule has 2 aromatic carbocycles. The number of furan rings is 1. The molecule has 0 aliphatic rings. The van der Waals surface area contributed by atoms with E-state index in [0.717, 1.165) is 33.2 Å². The fourth-order valence-corrected chi connectivity index (χ4v) is 4.26. The summed E-state index contributed by atoms with van der Waals surface area (Å²) in [5.74, 6) is 0.810. The van der Waals surface area contributed by atoms with Crippen molar-refractivity contribution in [3.05, 3.63) is 65.5 Å². The third-order valence-electron chi connectivity index (χ3n) is 5.21. The summed E-state index contributed by atoms with van der Waals surface area (Å²) in [6.45, 7) is 2.26. The van der Waals surface area contributed by atoms with E-state index in [9.17, 15) is 0 Å². The van der Waals surface area contributed by atoms with Gasteiger partial charge in [-0.2, -0.15) is 0 Å². The van der Waals surface area contributed by atoms with Crippen LogP contribution in [0.25, 0.3) is 22.4 Å². The maximum absolute atomic E-state index is 5.92. The molecule has 1 N–H and O–H groups in total. The van der Waals surface area contributed by atoms with Crippen molar-refractivity contribution in [3.63, 3.8) is 0 Å². The van der Waals surface area contributed by atoms with E-state index in [1.54, 1.807) is 11.3 Å². The highest BCUT2D eigenvalue weighted by atomic mass is 32.1. The lowest BCUT2D eigenvalue weighted by Crippen LogP contribution is -1.91. The number of benzene rings is 2. The zero-order valence-corrected chi connectivity index (χ0v) is 17.8. The second kappa shape index (κ2) is 9.75. The second-order valence-corrected chi connectivity index (χ2v) is 8.38. The molecule has 0 saturated heterocycles. The number of hydrogen-bond donors (Lipinski definition) is 1. The van der Waals surface area contributed by atoms with Gasteiger partial charge in [-0.15, -0.1) is 11.3 Å². The highest BCUT2D eigenvalue weighted by Crippen LogP contribution is 2.31. The minimum atomic E-state index is 0.810. The number of hydrogen-bond acceptors (Lipinski definition) is 4. The third-order valence-corrected chi connectivity index (χ3v) is 5.96. The predicted octanol–water partition coefficient (Wildman–Crippen LogP) is 8.20. The van der Waals surface area contributed by atoms with Gasteiger partial charge in [-0.25, -0.2) is 4.98 Å². The molecule has 4 rings (SSSR count). The van der Waals surface area contributed by atoms with Crippen molar-refractivity contribution in [1.82, 2.24) is 4.98 Å². The Hall–Kier alpha value is -2.59. The summed E-state index contributed by atoms with van der Waals surface area (Å²) in [6.07, 6.45) is 9.21. The van der Waals surface area contributed by atoms with Crippen molar-refractivity contribution < 1.29 is 4.42 Å². The van der Waals surface area contributed by atoms with Gasteiger partial charge in [0.2, 0.25) is 0 Å². The first-order chi connectivity index (χ1) is 14.3. The number of thiazole rings is 1. The number of para-hydroxylation sites is 1. The topological polar surface area (TPSA) is 38.1 Å². The van der Waals surface area contributed by atoms with E-state index >= 15 is 0 Å². The predicted molar refractivity (Wildman–Crippen MR) is 124 cm³/mol. The monoisotopic (exact) mass is 404 g/mol. The van der Waals surface area contributed by atoms with Crippen LogP contribution in [-0.2, 0) is 6.42 Å². The summed E-state index contributed by atoms with van der Waals surface area (Å²) in [6, 6.07) is 18.8. The Morgan fingerprint density at radius 1 is 0.931 bits per heavy atom. The van der Waals surface area contributed by atoms with E-state index in [4.69, 9.17) is 9.40 Å². The van der Waals surface area contributed by atoms with Crippen LogP contribution in [0, 0.1) is 0 Å². The Kier molecular flexibility index (Phi) is 6.63. The summed E-state index contributed by atoms with van der Waals surface area (Å²) in [7, 11) is 0. The molecule has 3 nitrogen and oxygen atoms in total. The van der Waals surface area contributed by atoms with Gasteiger partial charge in [0.25, 0.3) is 0 Å². The van der Waals surface area contributed by atoms with E-state index in [1.807, 2.05) is 29.6 Å². The highest BCUT2D eigenvalue weighted by molar-refractivity contribution is 7.14. The van der Waals surface area contributed by atoms with Crippen molar-refractivity contribution in [2.45, 2.75) is 51.9 Å². The van der Waals surface area contributed by atoms with Crippen molar-refractivity contribution in [3.8, 4) is 11.5 Å². The fourth-order valence-electron chi connectivity index (χ4n) is 3.54. The second-order valence-electron chi connectivity index (χ2n) is 7.53. The van der Waals surface area contributed by atoms with Gasteiger partial charge in [0, 0.05) is 16.5 Å². The molecule has 2 aromatic heterocycles. The van der Waals surface area contributed by atoms with Gasteiger partial charge < -0.3 is 9.73 Å². The van der Waals surface area contributed by atoms with Crippen molar-refractivity contribution in [2.75, 3.05) is 5.32 Å². The zero-order chi connectivity index (χ0) is 19.9. The lowest BCUT2D eigenvalue weighted by molar-refractivity contribution is 0.607. The van der Waals surface area contributed by atoms with Crippen LogP contribution in [0.5, 0.6) is 0 Å². The van der Waals surface area contributed by atoms with Crippen LogP contribution in [-0.4, -0.2) is 4.98 Å². The minimum absolute atomic E-state index is 0.810. The van der Waals surface area contributed by atoms with Crippen LogP contribution in [0.4, 0.5) is 10.8 Å². The summed E-state index contributed by atoms with van der Waals surface area (Å²) in [5, 5.41) is 7.43. The van der Waals surface area contributed by atoms with Crippen LogP contribution in [0.2, 0.25) is 0 Å². The largest absolute Gasteiger partial charge is 0.454 e. The lowest BCUT2D eigenvalue weighted by Gasteiger charge is -2.05. The highest BCUT2D eigenvalue weighted by Gasteiger charge is 2.10. The zero-order valence-electron chi connectivity index (χ0n) is 17.0. The number of aromatic nitrogens is 1. The molecule has 0 bridgehead atoms. The number of aryl methyl sites for hydroxylation is 1. The molecular formula is C25H28N2OS.